The number of hydrogen-bond acceptors (Lipinski definition) is 7. The maximum absolute atomic E-state index is 14.1. The smallest absolute Gasteiger partial charge is 0.313 e. The molecule has 1 aromatic carbocycles. The number of rotatable bonds is 16. The molecule has 11 heteroatoms. The molecule has 43 heavy (non-hydrogen) atoms. The van der Waals surface area contributed by atoms with Crippen LogP contribution in [-0.2, 0) is 28.7 Å². The first kappa shape index (κ1) is 32.9. The number of hydrogen-bond donors (Lipinski definition) is 2. The van der Waals surface area contributed by atoms with Gasteiger partial charge in [-0.3, -0.25) is 19.2 Å². The Morgan fingerprint density at radius 3 is 2.67 bits per heavy atom. The Hall–Kier alpha value is -3.02. The molecule has 234 valence electrons. The minimum Gasteiger partial charge on any atom is -0.455 e. The number of aliphatic hydroxyl groups excluding tert-OH is 1. The number of carbonyl (C=O) groups excluding carboxylic acids is 4. The molecular formula is C32H42BrN3O7. The fourth-order valence-electron chi connectivity index (χ4n) is 6.64. The van der Waals surface area contributed by atoms with Gasteiger partial charge in [0.05, 0.1) is 31.1 Å². The largest absolute Gasteiger partial charge is 0.455 e. The molecule has 3 saturated heterocycles. The Balaban J connectivity index is 1.63. The summed E-state index contributed by atoms with van der Waals surface area (Å²) in [6.07, 6.45) is 4.62. The van der Waals surface area contributed by atoms with E-state index in [1.54, 1.807) is 17.1 Å². The van der Waals surface area contributed by atoms with E-state index in [-0.39, 0.29) is 42.8 Å². The van der Waals surface area contributed by atoms with Crippen LogP contribution >= 0.6 is 15.9 Å². The molecule has 3 aliphatic rings. The van der Waals surface area contributed by atoms with Crippen LogP contribution in [0, 0.1) is 11.8 Å². The Labute approximate surface area is 261 Å². The third kappa shape index (κ3) is 6.58. The second kappa shape index (κ2) is 14.6. The summed E-state index contributed by atoms with van der Waals surface area (Å²) in [6, 6.07) is 8.10. The zero-order valence-corrected chi connectivity index (χ0v) is 26.2. The van der Waals surface area contributed by atoms with Crippen LogP contribution in [0.25, 0.3) is 0 Å². The number of aliphatic hydroxyl groups is 1. The Bertz CT molecular complexity index is 1200. The van der Waals surface area contributed by atoms with Crippen molar-refractivity contribution in [3.63, 3.8) is 0 Å². The lowest BCUT2D eigenvalue weighted by molar-refractivity contribution is -0.160. The standard InChI is InChI=1S/C32H42BrN3O7/c1-4-7-14-24(38)34-20-23(21-12-10-9-11-13-21)42-31(41)25-26-29(39)36(17-18-37)28(32(26)19-22(33)27(25)43-32)30(40)35(15-6-3)16-8-5-2/h4,6,9-13,22-23,25-28,37H,1,3,5,7-8,14-20H2,2H3,(H,34,38)/t22?,23-,25+,26-,27+,28+,32-/m1/s1. The van der Waals surface area contributed by atoms with Crippen LogP contribution in [0.2, 0.25) is 0 Å². The number of allylic oxidation sites excluding steroid dienone is 1. The van der Waals surface area contributed by atoms with Crippen molar-refractivity contribution in [3.8, 4) is 0 Å². The number of unbranched alkanes of at least 4 members (excludes halogenated alkanes) is 1. The molecule has 2 bridgehead atoms. The summed E-state index contributed by atoms with van der Waals surface area (Å²) >= 11 is 3.67. The Morgan fingerprint density at radius 2 is 2.02 bits per heavy atom. The number of benzene rings is 1. The predicted octanol–water partition coefficient (Wildman–Crippen LogP) is 2.91. The van der Waals surface area contributed by atoms with E-state index in [1.807, 2.05) is 37.3 Å². The Kier molecular flexibility index (Phi) is 11.2. The summed E-state index contributed by atoms with van der Waals surface area (Å²) in [5.74, 6) is -3.44. The molecule has 2 N–H and O–H groups in total. The highest BCUT2D eigenvalue weighted by atomic mass is 79.9. The van der Waals surface area contributed by atoms with Crippen LogP contribution in [0.3, 0.4) is 0 Å². The number of carbonyl (C=O) groups is 4. The van der Waals surface area contributed by atoms with E-state index in [1.165, 1.54) is 4.90 Å². The minimum atomic E-state index is -1.25. The summed E-state index contributed by atoms with van der Waals surface area (Å²) in [6.45, 7) is 9.92. The normalized spacial score (nSPS) is 27.8. The van der Waals surface area contributed by atoms with Gasteiger partial charge in [-0.1, -0.05) is 71.8 Å². The van der Waals surface area contributed by atoms with E-state index in [2.05, 4.69) is 34.4 Å². The van der Waals surface area contributed by atoms with Gasteiger partial charge in [0, 0.05) is 30.9 Å². The van der Waals surface area contributed by atoms with Gasteiger partial charge >= 0.3 is 5.97 Å². The van der Waals surface area contributed by atoms with Crippen molar-refractivity contribution in [2.24, 2.45) is 11.8 Å². The SMILES string of the molecule is C=CCCC(=O)NC[C@@H](OC(=O)[C@@H]1[C@H]2O[C@@]3(CC2Br)[C@H](C(=O)N(CC=C)CCCC)N(CCO)C(=O)[C@@H]13)c1ccccc1. The molecule has 3 fully saturated rings. The number of likely N-dealkylation sites (tertiary alicyclic amines) is 1. The molecule has 1 aromatic rings. The van der Waals surface area contributed by atoms with Crippen LogP contribution in [0.4, 0.5) is 0 Å². The van der Waals surface area contributed by atoms with Crippen molar-refractivity contribution in [2.75, 3.05) is 32.8 Å². The van der Waals surface area contributed by atoms with E-state index < -0.39 is 47.6 Å². The van der Waals surface area contributed by atoms with E-state index in [4.69, 9.17) is 9.47 Å². The van der Waals surface area contributed by atoms with Crippen LogP contribution < -0.4 is 5.32 Å². The lowest BCUT2D eigenvalue weighted by Crippen LogP contribution is -2.57. The fraction of sp³-hybridized carbons (Fsp3) is 0.562. The first-order valence-corrected chi connectivity index (χ1v) is 15.9. The summed E-state index contributed by atoms with van der Waals surface area (Å²) in [5.41, 5.74) is -0.559. The van der Waals surface area contributed by atoms with Gasteiger partial charge in [0.1, 0.15) is 17.7 Å². The van der Waals surface area contributed by atoms with Gasteiger partial charge in [-0.05, 0) is 24.8 Å². The Morgan fingerprint density at radius 1 is 1.28 bits per heavy atom. The molecule has 0 aliphatic carbocycles. The number of fused-ring (bicyclic) bond motifs is 1. The average molecular weight is 661 g/mol. The third-order valence-electron chi connectivity index (χ3n) is 8.57. The van der Waals surface area contributed by atoms with Crippen molar-refractivity contribution in [1.82, 2.24) is 15.1 Å². The summed E-state index contributed by atoms with van der Waals surface area (Å²) < 4.78 is 12.6. The van der Waals surface area contributed by atoms with E-state index in [0.717, 1.165) is 12.8 Å². The number of amides is 3. The zero-order valence-electron chi connectivity index (χ0n) is 24.7. The highest BCUT2D eigenvalue weighted by Crippen LogP contribution is 2.60. The number of ether oxygens (including phenoxy) is 2. The van der Waals surface area contributed by atoms with Crippen molar-refractivity contribution in [2.45, 2.75) is 67.7 Å². The topological polar surface area (TPSA) is 125 Å². The monoisotopic (exact) mass is 659 g/mol. The minimum absolute atomic E-state index is 0.0527. The summed E-state index contributed by atoms with van der Waals surface area (Å²) in [7, 11) is 0. The predicted molar refractivity (Wildman–Crippen MR) is 164 cm³/mol. The molecule has 4 rings (SSSR count). The van der Waals surface area contributed by atoms with Crippen molar-refractivity contribution >= 4 is 39.6 Å². The second-order valence-electron chi connectivity index (χ2n) is 11.3. The highest BCUT2D eigenvalue weighted by Gasteiger charge is 2.77. The lowest BCUT2D eigenvalue weighted by Gasteiger charge is -2.37. The van der Waals surface area contributed by atoms with Crippen molar-refractivity contribution in [3.05, 3.63) is 61.2 Å². The fourth-order valence-corrected chi connectivity index (χ4v) is 7.58. The van der Waals surface area contributed by atoms with Gasteiger partial charge in [-0.15, -0.1) is 13.2 Å². The molecule has 1 spiro atoms. The lowest BCUT2D eigenvalue weighted by atomic mass is 9.70. The molecule has 3 heterocycles. The van der Waals surface area contributed by atoms with Crippen LogP contribution in [0.5, 0.6) is 0 Å². The molecule has 7 atom stereocenters. The number of β-amino-alcohol motifs (C(OH)–C–C–N with tert-alkyl or cyclic N) is 1. The maximum atomic E-state index is 14.1. The second-order valence-corrected chi connectivity index (χ2v) is 12.5. The maximum Gasteiger partial charge on any atom is 0.313 e. The molecule has 0 radical (unpaired) electrons. The average Bonchev–Trinajstić information content (AvgIpc) is 3.59. The zero-order chi connectivity index (χ0) is 31.1. The highest BCUT2D eigenvalue weighted by molar-refractivity contribution is 9.09. The van der Waals surface area contributed by atoms with E-state index in [0.29, 0.717) is 31.5 Å². The molecule has 3 aliphatic heterocycles. The molecule has 10 nitrogen and oxygen atoms in total. The van der Waals surface area contributed by atoms with Crippen molar-refractivity contribution in [1.29, 1.82) is 0 Å². The van der Waals surface area contributed by atoms with Gasteiger partial charge in [-0.2, -0.15) is 0 Å². The van der Waals surface area contributed by atoms with Crippen LogP contribution in [0.1, 0.15) is 50.7 Å². The van der Waals surface area contributed by atoms with Gasteiger partial charge < -0.3 is 29.7 Å². The van der Waals surface area contributed by atoms with Crippen LogP contribution in [-0.4, -0.2) is 94.0 Å². The number of esters is 1. The molecule has 1 unspecified atom stereocenters. The molecular weight excluding hydrogens is 618 g/mol. The van der Waals surface area contributed by atoms with Crippen LogP contribution in [0.15, 0.2) is 55.6 Å². The van der Waals surface area contributed by atoms with Gasteiger partial charge in [0.15, 0.2) is 0 Å². The van der Waals surface area contributed by atoms with E-state index >= 15 is 0 Å². The number of halogens is 1. The summed E-state index contributed by atoms with van der Waals surface area (Å²) in [4.78, 5) is 57.2. The van der Waals surface area contributed by atoms with Crippen molar-refractivity contribution < 1.29 is 33.8 Å². The quantitative estimate of drug-likeness (QED) is 0.159. The molecule has 3 amide bonds. The first-order chi connectivity index (χ1) is 20.7. The third-order valence-corrected chi connectivity index (χ3v) is 9.41. The first-order valence-electron chi connectivity index (χ1n) is 15.0. The molecule has 0 saturated carbocycles. The van der Waals surface area contributed by atoms with Gasteiger partial charge in [-0.25, -0.2) is 0 Å². The van der Waals surface area contributed by atoms with Gasteiger partial charge in [0.25, 0.3) is 0 Å². The summed E-state index contributed by atoms with van der Waals surface area (Å²) in [5, 5.41) is 12.7. The number of nitrogens with zero attached hydrogens (tertiary/aromatic N) is 2. The number of alkyl halides is 1. The van der Waals surface area contributed by atoms with Gasteiger partial charge in [0.2, 0.25) is 17.7 Å². The van der Waals surface area contributed by atoms with E-state index in [9.17, 15) is 24.3 Å². The number of nitrogens with one attached hydrogen (secondary N) is 1. The molecule has 0 aromatic heterocycles.